The van der Waals surface area contributed by atoms with Crippen molar-refractivity contribution in [2.75, 3.05) is 5.32 Å². The lowest BCUT2D eigenvalue weighted by Crippen LogP contribution is -2.24. The summed E-state index contributed by atoms with van der Waals surface area (Å²) in [6, 6.07) is 10.2. The van der Waals surface area contributed by atoms with E-state index < -0.39 is 0 Å². The number of hydrogen-bond acceptors (Lipinski definition) is 4. The molecule has 5 nitrogen and oxygen atoms in total. The van der Waals surface area contributed by atoms with Crippen molar-refractivity contribution in [3.63, 3.8) is 0 Å². The Morgan fingerprint density at radius 3 is 2.86 bits per heavy atom. The van der Waals surface area contributed by atoms with Crippen LogP contribution in [0.1, 0.15) is 34.5 Å². The molecule has 1 aromatic carbocycles. The molecule has 3 rings (SSSR count). The van der Waals surface area contributed by atoms with Crippen LogP contribution in [0, 0.1) is 6.92 Å². The fourth-order valence-corrected chi connectivity index (χ4v) is 2.07. The van der Waals surface area contributed by atoms with Gasteiger partial charge >= 0.3 is 0 Å². The van der Waals surface area contributed by atoms with Gasteiger partial charge in [-0.15, -0.1) is 0 Å². The summed E-state index contributed by atoms with van der Waals surface area (Å²) in [4.78, 5) is 20.3. The van der Waals surface area contributed by atoms with Crippen LogP contribution in [0.15, 0.2) is 36.7 Å². The summed E-state index contributed by atoms with van der Waals surface area (Å²) in [5, 5.41) is 6.16. The highest BCUT2D eigenvalue weighted by molar-refractivity contribution is 5.92. The summed E-state index contributed by atoms with van der Waals surface area (Å²) in [6.45, 7) is 2.53. The second-order valence-corrected chi connectivity index (χ2v) is 5.32. The van der Waals surface area contributed by atoms with E-state index in [-0.39, 0.29) is 5.91 Å². The number of nitrogens with one attached hydrogen (secondary N) is 2. The quantitative estimate of drug-likeness (QED) is 0.883. The van der Waals surface area contributed by atoms with E-state index in [1.807, 2.05) is 31.2 Å². The number of anilines is 1. The van der Waals surface area contributed by atoms with Crippen molar-refractivity contribution in [1.82, 2.24) is 15.3 Å². The van der Waals surface area contributed by atoms with Gasteiger partial charge in [-0.3, -0.25) is 4.79 Å². The molecule has 0 radical (unpaired) electrons. The normalized spacial score (nSPS) is 13.8. The van der Waals surface area contributed by atoms with E-state index in [1.165, 1.54) is 19.2 Å². The molecule has 1 saturated carbocycles. The number of nitrogens with zero attached hydrogens (tertiary/aromatic N) is 2. The SMILES string of the molecule is Cc1ccccc1CNC(=O)c1cc(NC2CC2)ncn1. The number of amides is 1. The Hall–Kier alpha value is -2.43. The second-order valence-electron chi connectivity index (χ2n) is 5.32. The zero-order chi connectivity index (χ0) is 14.7. The number of carbonyl (C=O) groups excluding carboxylic acids is 1. The van der Waals surface area contributed by atoms with Crippen LogP contribution in [-0.4, -0.2) is 21.9 Å². The molecule has 1 aliphatic carbocycles. The molecular formula is C16H18N4O. The molecule has 0 saturated heterocycles. The van der Waals surface area contributed by atoms with Crippen LogP contribution in [0.2, 0.25) is 0 Å². The standard InChI is InChI=1S/C16H18N4O/c1-11-4-2-3-5-12(11)9-17-16(21)14-8-15(19-10-18-14)20-13-6-7-13/h2-5,8,10,13H,6-7,9H2,1H3,(H,17,21)(H,18,19,20). The molecule has 1 aromatic heterocycles. The molecule has 1 fully saturated rings. The molecule has 0 atom stereocenters. The first-order chi connectivity index (χ1) is 10.2. The topological polar surface area (TPSA) is 66.9 Å². The van der Waals surface area contributed by atoms with E-state index >= 15 is 0 Å². The fraction of sp³-hybridized carbons (Fsp3) is 0.312. The summed E-state index contributed by atoms with van der Waals surface area (Å²) in [5.74, 6) is 0.535. The molecule has 2 aromatic rings. The Kier molecular flexibility index (Phi) is 3.81. The highest BCUT2D eigenvalue weighted by Gasteiger charge is 2.21. The Morgan fingerprint density at radius 2 is 2.10 bits per heavy atom. The molecule has 2 N–H and O–H groups in total. The van der Waals surface area contributed by atoms with Crippen molar-refractivity contribution >= 4 is 11.7 Å². The molecule has 1 heterocycles. The predicted molar refractivity (Wildman–Crippen MR) is 81.0 cm³/mol. The maximum Gasteiger partial charge on any atom is 0.270 e. The van der Waals surface area contributed by atoms with Crippen LogP contribution in [0.5, 0.6) is 0 Å². The van der Waals surface area contributed by atoms with Gasteiger partial charge in [0.1, 0.15) is 17.8 Å². The van der Waals surface area contributed by atoms with E-state index in [0.717, 1.165) is 11.1 Å². The van der Waals surface area contributed by atoms with E-state index in [2.05, 4.69) is 20.6 Å². The molecule has 1 amide bonds. The van der Waals surface area contributed by atoms with Crippen LogP contribution in [-0.2, 0) is 6.54 Å². The Morgan fingerprint density at radius 1 is 1.29 bits per heavy atom. The Labute approximate surface area is 123 Å². The molecule has 0 bridgehead atoms. The zero-order valence-electron chi connectivity index (χ0n) is 12.0. The second kappa shape index (κ2) is 5.91. The molecule has 0 aliphatic heterocycles. The van der Waals surface area contributed by atoms with Gasteiger partial charge in [0.2, 0.25) is 0 Å². The minimum atomic E-state index is -0.181. The number of carbonyl (C=O) groups is 1. The molecule has 0 unspecified atom stereocenters. The van der Waals surface area contributed by atoms with Gasteiger partial charge in [0.25, 0.3) is 5.91 Å². The highest BCUT2D eigenvalue weighted by atomic mass is 16.1. The van der Waals surface area contributed by atoms with Crippen LogP contribution in [0.4, 0.5) is 5.82 Å². The lowest BCUT2D eigenvalue weighted by molar-refractivity contribution is 0.0945. The first kappa shape index (κ1) is 13.5. The third-order valence-corrected chi connectivity index (χ3v) is 3.53. The number of rotatable bonds is 5. The Bertz CT molecular complexity index is 652. The van der Waals surface area contributed by atoms with E-state index in [0.29, 0.717) is 24.1 Å². The largest absolute Gasteiger partial charge is 0.367 e. The third kappa shape index (κ3) is 3.56. The van der Waals surface area contributed by atoms with Crippen molar-refractivity contribution in [1.29, 1.82) is 0 Å². The molecule has 21 heavy (non-hydrogen) atoms. The Balaban J connectivity index is 1.63. The monoisotopic (exact) mass is 282 g/mol. The number of hydrogen-bond donors (Lipinski definition) is 2. The van der Waals surface area contributed by atoms with Gasteiger partial charge in [-0.1, -0.05) is 24.3 Å². The van der Waals surface area contributed by atoms with E-state index in [1.54, 1.807) is 6.07 Å². The van der Waals surface area contributed by atoms with Crippen molar-refractivity contribution in [3.05, 3.63) is 53.5 Å². The lowest BCUT2D eigenvalue weighted by Gasteiger charge is -2.08. The minimum absolute atomic E-state index is 0.181. The summed E-state index contributed by atoms with van der Waals surface area (Å²) >= 11 is 0. The molecular weight excluding hydrogens is 264 g/mol. The summed E-state index contributed by atoms with van der Waals surface area (Å²) in [6.07, 6.45) is 3.75. The van der Waals surface area contributed by atoms with E-state index in [4.69, 9.17) is 0 Å². The smallest absolute Gasteiger partial charge is 0.270 e. The van der Waals surface area contributed by atoms with Gasteiger partial charge in [0.15, 0.2) is 0 Å². The van der Waals surface area contributed by atoms with Gasteiger partial charge in [-0.25, -0.2) is 9.97 Å². The first-order valence-corrected chi connectivity index (χ1v) is 7.13. The van der Waals surface area contributed by atoms with Gasteiger partial charge in [0, 0.05) is 18.7 Å². The van der Waals surface area contributed by atoms with Crippen LogP contribution < -0.4 is 10.6 Å². The van der Waals surface area contributed by atoms with Crippen LogP contribution >= 0.6 is 0 Å². The molecule has 1 aliphatic rings. The summed E-state index contributed by atoms with van der Waals surface area (Å²) in [7, 11) is 0. The summed E-state index contributed by atoms with van der Waals surface area (Å²) < 4.78 is 0. The molecule has 5 heteroatoms. The predicted octanol–water partition coefficient (Wildman–Crippen LogP) is 2.29. The van der Waals surface area contributed by atoms with Crippen LogP contribution in [0.25, 0.3) is 0 Å². The van der Waals surface area contributed by atoms with Crippen molar-refractivity contribution in [3.8, 4) is 0 Å². The van der Waals surface area contributed by atoms with Gasteiger partial charge in [-0.05, 0) is 30.9 Å². The highest BCUT2D eigenvalue weighted by Crippen LogP contribution is 2.23. The maximum atomic E-state index is 12.2. The number of aryl methyl sites for hydroxylation is 1. The fourth-order valence-electron chi connectivity index (χ4n) is 2.07. The van der Waals surface area contributed by atoms with Gasteiger partial charge in [0.05, 0.1) is 0 Å². The van der Waals surface area contributed by atoms with Gasteiger partial charge < -0.3 is 10.6 Å². The van der Waals surface area contributed by atoms with Gasteiger partial charge in [-0.2, -0.15) is 0 Å². The minimum Gasteiger partial charge on any atom is -0.367 e. The number of benzene rings is 1. The molecule has 0 spiro atoms. The number of aromatic nitrogens is 2. The summed E-state index contributed by atoms with van der Waals surface area (Å²) in [5.41, 5.74) is 2.66. The zero-order valence-corrected chi connectivity index (χ0v) is 12.0. The average Bonchev–Trinajstić information content (AvgIpc) is 3.30. The maximum absolute atomic E-state index is 12.2. The van der Waals surface area contributed by atoms with Crippen LogP contribution in [0.3, 0.4) is 0 Å². The van der Waals surface area contributed by atoms with E-state index in [9.17, 15) is 4.79 Å². The average molecular weight is 282 g/mol. The van der Waals surface area contributed by atoms with Crippen molar-refractivity contribution in [2.24, 2.45) is 0 Å². The first-order valence-electron chi connectivity index (χ1n) is 7.13. The third-order valence-electron chi connectivity index (χ3n) is 3.53. The molecule has 108 valence electrons. The van der Waals surface area contributed by atoms with Crippen molar-refractivity contribution < 1.29 is 4.79 Å². The lowest BCUT2D eigenvalue weighted by atomic mass is 10.1. The van der Waals surface area contributed by atoms with Crippen molar-refractivity contribution in [2.45, 2.75) is 32.4 Å².